The molecular formula is C12H6F14INO4S2. The Morgan fingerprint density at radius 3 is 1.24 bits per heavy atom. The highest BCUT2D eigenvalue weighted by Gasteiger charge is 2.68. The summed E-state index contributed by atoms with van der Waals surface area (Å²) in [5.41, 5.74) is 0. The van der Waals surface area contributed by atoms with Crippen LogP contribution < -0.4 is 21.2 Å². The van der Waals surface area contributed by atoms with Gasteiger partial charge in [0.15, 0.2) is 23.6 Å². The number of rotatable bonds is 6. The summed E-state index contributed by atoms with van der Waals surface area (Å²) in [6.07, 6.45) is -18.1. The molecule has 0 bridgehead atoms. The SMILES string of the molecule is Fc1ccc([I+]CC(F)(F)F)cc1.O=S(=O)([N-]S(=O)(=O)C(F)(F)C(F)(F)F)C(F)(F)C(F)(F)F. The van der Waals surface area contributed by atoms with Crippen LogP contribution in [0.2, 0.25) is 0 Å². The van der Waals surface area contributed by atoms with Crippen LogP contribution >= 0.6 is 0 Å². The number of alkyl halides is 14. The lowest BCUT2D eigenvalue weighted by Gasteiger charge is -2.31. The Kier molecular flexibility index (Phi) is 10.1. The molecule has 22 heteroatoms. The van der Waals surface area contributed by atoms with E-state index in [1.165, 1.54) is 24.3 Å². The lowest BCUT2D eigenvalue weighted by atomic mass is 10.4. The van der Waals surface area contributed by atoms with E-state index >= 15 is 0 Å². The maximum absolute atomic E-state index is 12.4. The van der Waals surface area contributed by atoms with Crippen LogP contribution in [-0.4, -0.2) is 50.3 Å². The third-order valence-corrected chi connectivity index (χ3v) is 8.86. The highest BCUT2D eigenvalue weighted by atomic mass is 127. The molecule has 0 saturated carbocycles. The summed E-state index contributed by atoms with van der Waals surface area (Å²) in [5, 5.41) is -14.0. The van der Waals surface area contributed by atoms with Gasteiger partial charge in [-0.25, -0.2) is 21.2 Å². The quantitative estimate of drug-likeness (QED) is 0.261. The normalized spacial score (nSPS) is 14.4. The van der Waals surface area contributed by atoms with E-state index in [0.29, 0.717) is 7.70 Å². The second-order valence-electron chi connectivity index (χ2n) is 5.37. The molecule has 0 spiro atoms. The minimum atomic E-state index is -7.62. The fourth-order valence-electron chi connectivity index (χ4n) is 1.19. The molecule has 5 nitrogen and oxygen atoms in total. The molecule has 1 aromatic rings. The maximum Gasteiger partial charge on any atom is 0.467 e. The number of hydrogen-bond acceptors (Lipinski definition) is 4. The van der Waals surface area contributed by atoms with Gasteiger partial charge in [-0.15, -0.1) is 0 Å². The van der Waals surface area contributed by atoms with Crippen LogP contribution in [0.5, 0.6) is 0 Å². The number of nitrogens with zero attached hydrogens (tertiary/aromatic N) is 1. The fourth-order valence-corrected chi connectivity index (χ4v) is 5.30. The van der Waals surface area contributed by atoms with Gasteiger partial charge in [0.2, 0.25) is 4.43 Å². The molecule has 0 aliphatic carbocycles. The van der Waals surface area contributed by atoms with Crippen LogP contribution in [-0.2, 0) is 20.0 Å². The third-order valence-electron chi connectivity index (χ3n) is 2.68. The van der Waals surface area contributed by atoms with Gasteiger partial charge in [-0.05, 0) is 24.3 Å². The maximum atomic E-state index is 12.4. The Balaban J connectivity index is 0.000000712. The standard InChI is InChI=1S/C8H6F4I.C4F10NO4S2/c9-6-1-3-7(4-2-6)13-5-8(10,11)12;5-1(6,7)3(11,12)20(16,17)15-21(18,19)4(13,14)2(8,9)10/h1-4H,5H2;/q+1;-1. The van der Waals surface area contributed by atoms with E-state index in [9.17, 15) is 78.3 Å². The van der Waals surface area contributed by atoms with Gasteiger partial charge in [-0.3, -0.25) is 0 Å². The van der Waals surface area contributed by atoms with Crippen molar-refractivity contribution < 1.29 is 99.5 Å². The van der Waals surface area contributed by atoms with Crippen molar-refractivity contribution >= 4 is 20.0 Å². The van der Waals surface area contributed by atoms with Gasteiger partial charge in [0.25, 0.3) is 0 Å². The summed E-state index contributed by atoms with van der Waals surface area (Å²) >= 11 is -1.07. The van der Waals surface area contributed by atoms with Crippen LogP contribution in [0, 0.1) is 9.39 Å². The van der Waals surface area contributed by atoms with Crippen LogP contribution in [0.15, 0.2) is 24.3 Å². The second-order valence-corrected chi connectivity index (χ2v) is 11.7. The van der Waals surface area contributed by atoms with Crippen LogP contribution in [0.4, 0.5) is 61.5 Å². The molecule has 0 aliphatic heterocycles. The fraction of sp³-hybridized carbons (Fsp3) is 0.500. The molecule has 200 valence electrons. The summed E-state index contributed by atoms with van der Waals surface area (Å²) in [7, 11) is -15.2. The number of sulfonamides is 2. The third kappa shape index (κ3) is 8.49. The van der Waals surface area contributed by atoms with Gasteiger partial charge in [0.05, 0.1) is 0 Å². The van der Waals surface area contributed by atoms with Crippen molar-refractivity contribution in [2.75, 3.05) is 4.43 Å². The zero-order chi connectivity index (χ0) is 27.6. The first kappa shape index (κ1) is 32.8. The van der Waals surface area contributed by atoms with Crippen LogP contribution in [0.3, 0.4) is 0 Å². The topological polar surface area (TPSA) is 82.4 Å². The van der Waals surface area contributed by atoms with Crippen molar-refractivity contribution in [3.8, 4) is 0 Å². The summed E-state index contributed by atoms with van der Waals surface area (Å²) in [4.78, 5) is 0. The number of benzene rings is 1. The molecule has 0 amide bonds. The highest BCUT2D eigenvalue weighted by Crippen LogP contribution is 2.47. The molecule has 0 N–H and O–H groups in total. The molecule has 0 aliphatic rings. The monoisotopic (exact) mass is 685 g/mol. The predicted octanol–water partition coefficient (Wildman–Crippen LogP) is 1.98. The highest BCUT2D eigenvalue weighted by molar-refractivity contribution is 8.13. The van der Waals surface area contributed by atoms with Crippen molar-refractivity contribution in [3.05, 3.63) is 37.8 Å². The van der Waals surface area contributed by atoms with Crippen LogP contribution in [0.25, 0.3) is 4.13 Å². The first-order valence-electron chi connectivity index (χ1n) is 7.22. The van der Waals surface area contributed by atoms with Crippen molar-refractivity contribution in [3.63, 3.8) is 0 Å². The zero-order valence-corrected chi connectivity index (χ0v) is 18.9. The van der Waals surface area contributed by atoms with Gasteiger partial charge < -0.3 is 4.13 Å². The summed E-state index contributed by atoms with van der Waals surface area (Å²) in [5.74, 6) is -0.417. The Hall–Kier alpha value is -1.17. The molecule has 0 fully saturated rings. The summed E-state index contributed by atoms with van der Waals surface area (Å²) in [6.45, 7) is 0. The first-order chi connectivity index (χ1) is 14.7. The average molecular weight is 685 g/mol. The summed E-state index contributed by atoms with van der Waals surface area (Å²) in [6, 6.07) is 5.19. The van der Waals surface area contributed by atoms with Gasteiger partial charge in [0, 0.05) is 0 Å². The van der Waals surface area contributed by atoms with Crippen molar-refractivity contribution in [2.24, 2.45) is 0 Å². The second kappa shape index (κ2) is 10.4. The van der Waals surface area contributed by atoms with E-state index in [2.05, 4.69) is 0 Å². The molecule has 1 rings (SSSR count). The van der Waals surface area contributed by atoms with E-state index in [-0.39, 0.29) is 0 Å². The van der Waals surface area contributed by atoms with Gasteiger partial charge >= 0.3 is 50.2 Å². The zero-order valence-electron chi connectivity index (χ0n) is 15.1. The Bertz CT molecular complexity index is 976. The van der Waals surface area contributed by atoms with Crippen molar-refractivity contribution in [2.45, 2.75) is 29.0 Å². The van der Waals surface area contributed by atoms with Crippen LogP contribution in [0.1, 0.15) is 0 Å². The van der Waals surface area contributed by atoms with E-state index in [1.54, 1.807) is 0 Å². The molecule has 0 atom stereocenters. The molecule has 0 heterocycles. The van der Waals surface area contributed by atoms with E-state index in [0.717, 1.165) is 0 Å². The predicted molar refractivity (Wildman–Crippen MR) is 79.2 cm³/mol. The van der Waals surface area contributed by atoms with E-state index < -0.39 is 80.5 Å². The Morgan fingerprint density at radius 1 is 0.647 bits per heavy atom. The van der Waals surface area contributed by atoms with Crippen molar-refractivity contribution in [1.82, 2.24) is 0 Å². The lowest BCUT2D eigenvalue weighted by molar-refractivity contribution is -0.650. The molecular weight excluding hydrogens is 679 g/mol. The first-order valence-corrected chi connectivity index (χ1v) is 12.7. The molecule has 0 saturated heterocycles. The molecule has 0 aromatic heterocycles. The average Bonchev–Trinajstić information content (AvgIpc) is 2.58. The van der Waals surface area contributed by atoms with Gasteiger partial charge in [0.1, 0.15) is 5.82 Å². The number of halogens is 15. The minimum absolute atomic E-state index is 0.417. The van der Waals surface area contributed by atoms with Crippen molar-refractivity contribution in [1.29, 1.82) is 0 Å². The smallest absolute Gasteiger partial charge is 0.425 e. The summed E-state index contributed by atoms with van der Waals surface area (Å²) < 4.78 is 209. The molecule has 0 radical (unpaired) electrons. The van der Waals surface area contributed by atoms with E-state index in [4.69, 9.17) is 0 Å². The Morgan fingerprint density at radius 2 is 0.971 bits per heavy atom. The largest absolute Gasteiger partial charge is 0.467 e. The number of hydrogen-bond donors (Lipinski definition) is 0. The molecule has 0 unspecified atom stereocenters. The van der Waals surface area contributed by atoms with Gasteiger partial charge in [-0.2, -0.15) is 57.1 Å². The van der Waals surface area contributed by atoms with Gasteiger partial charge in [-0.1, -0.05) is 0 Å². The lowest BCUT2D eigenvalue weighted by Crippen LogP contribution is -3.63. The minimum Gasteiger partial charge on any atom is -0.425 e. The van der Waals surface area contributed by atoms with E-state index in [1.807, 2.05) is 0 Å². The Labute approximate surface area is 190 Å². The molecule has 1 aromatic carbocycles. The molecule has 34 heavy (non-hydrogen) atoms.